The van der Waals surface area contributed by atoms with Crippen LogP contribution in [0.5, 0.6) is 5.75 Å². The molecule has 0 atom stereocenters. The average Bonchev–Trinajstić information content (AvgIpc) is 2.98. The van der Waals surface area contributed by atoms with Gasteiger partial charge in [-0.2, -0.15) is 9.78 Å². The maximum atomic E-state index is 12.8. The standard InChI is InChI=1S/C17H13Br2N3O2S/c18-11-5-9(6-12(19)15(11)23)7-21-22-8-20-16-14(17(22)24)10-3-1-2-4-13(10)25-16/h5-8,23H,1-4H2/b21-7-. The summed E-state index contributed by atoms with van der Waals surface area (Å²) in [5, 5.41) is 14.7. The quantitative estimate of drug-likeness (QED) is 0.548. The van der Waals surface area contributed by atoms with Gasteiger partial charge < -0.3 is 5.11 Å². The second kappa shape index (κ2) is 6.66. The fraction of sp³-hybridized carbons (Fsp3) is 0.235. The Bertz CT molecular complexity index is 1050. The monoisotopic (exact) mass is 481 g/mol. The van der Waals surface area contributed by atoms with E-state index in [1.54, 1.807) is 29.7 Å². The second-order valence-electron chi connectivity index (χ2n) is 5.86. The topological polar surface area (TPSA) is 67.5 Å². The molecule has 0 bridgehead atoms. The molecule has 0 amide bonds. The van der Waals surface area contributed by atoms with Gasteiger partial charge in [0.15, 0.2) is 0 Å². The normalized spacial score (nSPS) is 14.3. The summed E-state index contributed by atoms with van der Waals surface area (Å²) in [7, 11) is 0. The van der Waals surface area contributed by atoms with Crippen molar-refractivity contribution in [3.63, 3.8) is 0 Å². The van der Waals surface area contributed by atoms with Gasteiger partial charge in [0.25, 0.3) is 5.56 Å². The van der Waals surface area contributed by atoms with Crippen molar-refractivity contribution in [2.75, 3.05) is 0 Å². The first-order valence-electron chi connectivity index (χ1n) is 7.79. The third kappa shape index (κ3) is 3.07. The summed E-state index contributed by atoms with van der Waals surface area (Å²) in [5.41, 5.74) is 1.77. The van der Waals surface area contributed by atoms with Crippen molar-refractivity contribution in [2.24, 2.45) is 5.10 Å². The molecular formula is C17H13Br2N3O2S. The van der Waals surface area contributed by atoms with Crippen molar-refractivity contribution in [1.82, 2.24) is 9.66 Å². The molecule has 1 aromatic carbocycles. The van der Waals surface area contributed by atoms with Crippen LogP contribution in [0.3, 0.4) is 0 Å². The van der Waals surface area contributed by atoms with Gasteiger partial charge in [0.05, 0.1) is 20.5 Å². The van der Waals surface area contributed by atoms with Crippen molar-refractivity contribution >= 4 is 59.6 Å². The molecule has 1 aliphatic rings. The molecule has 3 aromatic rings. The van der Waals surface area contributed by atoms with Gasteiger partial charge in [-0.1, -0.05) is 0 Å². The number of nitrogens with zero attached hydrogens (tertiary/aromatic N) is 3. The summed E-state index contributed by atoms with van der Waals surface area (Å²) in [6.07, 6.45) is 7.31. The van der Waals surface area contributed by atoms with Crippen LogP contribution >= 0.6 is 43.2 Å². The van der Waals surface area contributed by atoms with Gasteiger partial charge >= 0.3 is 0 Å². The molecule has 8 heteroatoms. The number of hydrogen-bond acceptors (Lipinski definition) is 5. The minimum Gasteiger partial charge on any atom is -0.506 e. The van der Waals surface area contributed by atoms with Gasteiger partial charge in [-0.15, -0.1) is 11.3 Å². The van der Waals surface area contributed by atoms with Crippen molar-refractivity contribution in [3.05, 3.63) is 53.8 Å². The molecule has 0 fully saturated rings. The van der Waals surface area contributed by atoms with E-state index < -0.39 is 0 Å². The van der Waals surface area contributed by atoms with Crippen molar-refractivity contribution in [2.45, 2.75) is 25.7 Å². The summed E-state index contributed by atoms with van der Waals surface area (Å²) in [5.74, 6) is 0.127. The van der Waals surface area contributed by atoms with Crippen molar-refractivity contribution < 1.29 is 5.11 Å². The largest absolute Gasteiger partial charge is 0.506 e. The van der Waals surface area contributed by atoms with E-state index in [0.717, 1.165) is 35.2 Å². The Morgan fingerprint density at radius 1 is 1.24 bits per heavy atom. The number of aryl methyl sites for hydroxylation is 2. The Labute approximate surface area is 164 Å². The van der Waals surface area contributed by atoms with E-state index in [2.05, 4.69) is 41.9 Å². The molecule has 0 unspecified atom stereocenters. The predicted octanol–water partition coefficient (Wildman–Crippen LogP) is 4.45. The van der Waals surface area contributed by atoms with E-state index >= 15 is 0 Å². The zero-order valence-electron chi connectivity index (χ0n) is 13.0. The van der Waals surface area contributed by atoms with E-state index in [4.69, 9.17) is 0 Å². The predicted molar refractivity (Wildman–Crippen MR) is 107 cm³/mol. The highest BCUT2D eigenvalue weighted by molar-refractivity contribution is 9.11. The first-order chi connectivity index (χ1) is 12.0. The second-order valence-corrected chi connectivity index (χ2v) is 8.66. The highest BCUT2D eigenvalue weighted by atomic mass is 79.9. The third-order valence-corrected chi connectivity index (χ3v) is 6.64. The van der Waals surface area contributed by atoms with Crippen LogP contribution in [0.25, 0.3) is 10.2 Å². The van der Waals surface area contributed by atoms with Gasteiger partial charge in [-0.05, 0) is 80.8 Å². The Hall–Kier alpha value is -1.51. The molecule has 0 aliphatic heterocycles. The Morgan fingerprint density at radius 2 is 1.96 bits per heavy atom. The van der Waals surface area contributed by atoms with Gasteiger partial charge in [-0.25, -0.2) is 4.98 Å². The number of thiophene rings is 1. The lowest BCUT2D eigenvalue weighted by Gasteiger charge is -2.09. The smallest absolute Gasteiger partial charge is 0.282 e. The minimum atomic E-state index is -0.127. The van der Waals surface area contributed by atoms with Gasteiger partial charge in [0.1, 0.15) is 16.9 Å². The minimum absolute atomic E-state index is 0.127. The number of aromatic nitrogens is 2. The molecule has 128 valence electrons. The lowest BCUT2D eigenvalue weighted by molar-refractivity contribution is 0.468. The Kier molecular flexibility index (Phi) is 4.51. The highest BCUT2D eigenvalue weighted by Crippen LogP contribution is 2.34. The zero-order chi connectivity index (χ0) is 17.6. The van der Waals surface area contributed by atoms with Crippen LogP contribution in [-0.2, 0) is 12.8 Å². The molecule has 0 saturated carbocycles. The number of phenolic OH excluding ortho intramolecular Hbond substituents is 1. The number of phenols is 1. The maximum absolute atomic E-state index is 12.8. The Morgan fingerprint density at radius 3 is 2.72 bits per heavy atom. The number of halogens is 2. The number of benzene rings is 1. The van der Waals surface area contributed by atoms with Crippen LogP contribution < -0.4 is 5.56 Å². The molecular weight excluding hydrogens is 470 g/mol. The first-order valence-corrected chi connectivity index (χ1v) is 10.2. The summed E-state index contributed by atoms with van der Waals surface area (Å²) >= 11 is 8.20. The molecule has 1 N–H and O–H groups in total. The lowest BCUT2D eigenvalue weighted by Crippen LogP contribution is -2.18. The fourth-order valence-electron chi connectivity index (χ4n) is 3.01. The SMILES string of the molecule is O=c1c2c3c(sc2ncn1/N=C\c1cc(Br)c(O)c(Br)c1)CCCC3. The molecule has 2 heterocycles. The zero-order valence-corrected chi connectivity index (χ0v) is 17.0. The molecule has 0 saturated heterocycles. The maximum Gasteiger partial charge on any atom is 0.282 e. The molecule has 2 aromatic heterocycles. The number of hydrogen-bond donors (Lipinski definition) is 1. The van der Waals surface area contributed by atoms with Crippen LogP contribution in [0.15, 0.2) is 37.3 Å². The molecule has 4 rings (SSSR count). The van der Waals surface area contributed by atoms with E-state index in [0.29, 0.717) is 14.3 Å². The van der Waals surface area contributed by atoms with Crippen LogP contribution in [-0.4, -0.2) is 21.0 Å². The van der Waals surface area contributed by atoms with E-state index in [-0.39, 0.29) is 11.3 Å². The fourth-order valence-corrected chi connectivity index (χ4v) is 5.45. The molecule has 0 radical (unpaired) electrons. The van der Waals surface area contributed by atoms with Crippen molar-refractivity contribution in [3.8, 4) is 5.75 Å². The highest BCUT2D eigenvalue weighted by Gasteiger charge is 2.19. The van der Waals surface area contributed by atoms with Crippen LogP contribution in [0.4, 0.5) is 0 Å². The summed E-state index contributed by atoms with van der Waals surface area (Å²) < 4.78 is 2.38. The number of aromatic hydroxyl groups is 1. The van der Waals surface area contributed by atoms with Gasteiger partial charge in [0, 0.05) is 4.88 Å². The van der Waals surface area contributed by atoms with Crippen molar-refractivity contribution in [1.29, 1.82) is 0 Å². The molecule has 0 spiro atoms. The van der Waals surface area contributed by atoms with Crippen LogP contribution in [0.1, 0.15) is 28.8 Å². The lowest BCUT2D eigenvalue weighted by atomic mass is 9.97. The van der Waals surface area contributed by atoms with E-state index in [1.165, 1.54) is 22.3 Å². The third-order valence-electron chi connectivity index (χ3n) is 4.23. The Balaban J connectivity index is 1.77. The van der Waals surface area contributed by atoms with E-state index in [1.807, 2.05) is 0 Å². The van der Waals surface area contributed by atoms with Crippen LogP contribution in [0.2, 0.25) is 0 Å². The number of fused-ring (bicyclic) bond motifs is 3. The summed E-state index contributed by atoms with van der Waals surface area (Å²) in [6.45, 7) is 0. The molecule has 1 aliphatic carbocycles. The van der Waals surface area contributed by atoms with E-state index in [9.17, 15) is 9.90 Å². The van der Waals surface area contributed by atoms with Gasteiger partial charge in [0.2, 0.25) is 0 Å². The van der Waals surface area contributed by atoms with Gasteiger partial charge in [-0.3, -0.25) is 4.79 Å². The number of rotatable bonds is 2. The molecule has 5 nitrogen and oxygen atoms in total. The summed E-state index contributed by atoms with van der Waals surface area (Å²) in [6, 6.07) is 3.46. The first kappa shape index (κ1) is 16.9. The summed E-state index contributed by atoms with van der Waals surface area (Å²) in [4.78, 5) is 19.3. The molecule has 25 heavy (non-hydrogen) atoms. The average molecular weight is 483 g/mol. The van der Waals surface area contributed by atoms with Crippen LogP contribution in [0, 0.1) is 0 Å².